The lowest BCUT2D eigenvalue weighted by Gasteiger charge is -2.13. The van der Waals surface area contributed by atoms with Crippen molar-refractivity contribution >= 4 is 52.0 Å². The van der Waals surface area contributed by atoms with Gasteiger partial charge in [-0.2, -0.15) is 0 Å². The quantitative estimate of drug-likeness (QED) is 0.274. The van der Waals surface area contributed by atoms with Gasteiger partial charge in [-0.25, -0.2) is 4.98 Å². The summed E-state index contributed by atoms with van der Waals surface area (Å²) in [6.45, 7) is 2.23. The molecule has 7 heteroatoms. The van der Waals surface area contributed by atoms with Crippen LogP contribution < -0.4 is 4.74 Å². The summed E-state index contributed by atoms with van der Waals surface area (Å²) in [6.07, 6.45) is 3.51. The number of ether oxygens (including phenoxy) is 1. The first-order chi connectivity index (χ1) is 16.9. The van der Waals surface area contributed by atoms with E-state index < -0.39 is 0 Å². The number of halogens is 2. The average Bonchev–Trinajstić information content (AvgIpc) is 3.10. The Morgan fingerprint density at radius 3 is 2.40 bits per heavy atom. The number of rotatable bonds is 6. The molecule has 0 N–H and O–H groups in total. The lowest BCUT2D eigenvalue weighted by atomic mass is 10.1. The van der Waals surface area contributed by atoms with Gasteiger partial charge in [0, 0.05) is 28.2 Å². The number of aromatic nitrogens is 1. The maximum atomic E-state index is 12.6. The zero-order valence-corrected chi connectivity index (χ0v) is 20.3. The summed E-state index contributed by atoms with van der Waals surface area (Å²) >= 11 is 13.1. The molecule has 2 amide bonds. The molecule has 1 aliphatic rings. The first-order valence-corrected chi connectivity index (χ1v) is 11.8. The molecule has 2 heterocycles. The van der Waals surface area contributed by atoms with Gasteiger partial charge in [0.25, 0.3) is 11.8 Å². The average molecular weight is 503 g/mol. The number of amides is 2. The van der Waals surface area contributed by atoms with Gasteiger partial charge >= 0.3 is 0 Å². The van der Waals surface area contributed by atoms with E-state index in [2.05, 4.69) is 4.98 Å². The standard InChI is InChI=1S/C28H20Cl2N2O3/c1-17-11-12-19-6-4-10-24(26(19)31-17)35-16-22-23(29)14-13-18(25(22)30)7-5-15-32-27(33)20-8-2-3-9-21(20)28(32)34/h2-14H,15-16H2,1H3. The van der Waals surface area contributed by atoms with Crippen LogP contribution in [0.25, 0.3) is 17.0 Å². The maximum Gasteiger partial charge on any atom is 0.261 e. The Kier molecular flexibility index (Phi) is 6.29. The highest BCUT2D eigenvalue weighted by Crippen LogP contribution is 2.32. The molecule has 5 rings (SSSR count). The molecule has 0 saturated carbocycles. The third kappa shape index (κ3) is 4.41. The summed E-state index contributed by atoms with van der Waals surface area (Å²) < 4.78 is 6.07. The molecule has 1 aliphatic heterocycles. The van der Waals surface area contributed by atoms with Gasteiger partial charge in [0.15, 0.2) is 0 Å². The summed E-state index contributed by atoms with van der Waals surface area (Å²) in [7, 11) is 0. The van der Waals surface area contributed by atoms with Crippen LogP contribution in [0.15, 0.2) is 72.8 Å². The van der Waals surface area contributed by atoms with Crippen LogP contribution in [0.1, 0.15) is 37.5 Å². The Morgan fingerprint density at radius 2 is 1.66 bits per heavy atom. The summed E-state index contributed by atoms with van der Waals surface area (Å²) in [4.78, 5) is 30.9. The maximum absolute atomic E-state index is 12.6. The summed E-state index contributed by atoms with van der Waals surface area (Å²) in [5, 5.41) is 1.91. The van der Waals surface area contributed by atoms with Gasteiger partial charge < -0.3 is 4.74 Å². The zero-order valence-electron chi connectivity index (χ0n) is 18.8. The van der Waals surface area contributed by atoms with Gasteiger partial charge in [-0.1, -0.05) is 71.8 Å². The number of fused-ring (bicyclic) bond motifs is 2. The van der Waals surface area contributed by atoms with Gasteiger partial charge in [0.2, 0.25) is 0 Å². The number of hydrogen-bond donors (Lipinski definition) is 0. The van der Waals surface area contributed by atoms with Crippen molar-refractivity contribution < 1.29 is 14.3 Å². The van der Waals surface area contributed by atoms with Crippen molar-refractivity contribution in [3.05, 3.63) is 111 Å². The molecule has 0 aliphatic carbocycles. The molecule has 4 aromatic rings. The Morgan fingerprint density at radius 1 is 0.914 bits per heavy atom. The Bertz CT molecular complexity index is 1480. The Hall–Kier alpha value is -3.67. The number of imide groups is 1. The minimum Gasteiger partial charge on any atom is -0.487 e. The number of benzene rings is 3. The van der Waals surface area contributed by atoms with Crippen molar-refractivity contribution in [2.45, 2.75) is 13.5 Å². The van der Waals surface area contributed by atoms with Crippen molar-refractivity contribution in [3.8, 4) is 5.75 Å². The molecule has 0 spiro atoms. The fourth-order valence-corrected chi connectivity index (χ4v) is 4.59. The Labute approximate surface area is 212 Å². The molecule has 0 bridgehead atoms. The number of pyridine rings is 1. The topological polar surface area (TPSA) is 59.5 Å². The first-order valence-electron chi connectivity index (χ1n) is 11.0. The molecule has 0 unspecified atom stereocenters. The molecule has 0 radical (unpaired) electrons. The summed E-state index contributed by atoms with van der Waals surface area (Å²) in [6, 6.07) is 20.1. The summed E-state index contributed by atoms with van der Waals surface area (Å²) in [5.41, 5.74) is 3.87. The van der Waals surface area contributed by atoms with Crippen LogP contribution in [0.4, 0.5) is 0 Å². The monoisotopic (exact) mass is 502 g/mol. The van der Waals surface area contributed by atoms with Crippen LogP contribution in [-0.4, -0.2) is 28.2 Å². The van der Waals surface area contributed by atoms with Crippen LogP contribution in [0.2, 0.25) is 10.0 Å². The third-order valence-electron chi connectivity index (χ3n) is 5.87. The van der Waals surface area contributed by atoms with E-state index in [0.717, 1.165) is 16.6 Å². The number of para-hydroxylation sites is 1. The van der Waals surface area contributed by atoms with Crippen molar-refractivity contribution in [2.24, 2.45) is 0 Å². The van der Waals surface area contributed by atoms with E-state index in [-0.39, 0.29) is 25.0 Å². The van der Waals surface area contributed by atoms with E-state index in [9.17, 15) is 9.59 Å². The van der Waals surface area contributed by atoms with E-state index in [4.69, 9.17) is 27.9 Å². The molecule has 1 aromatic heterocycles. The van der Waals surface area contributed by atoms with Gasteiger partial charge in [0.05, 0.1) is 16.1 Å². The van der Waals surface area contributed by atoms with Crippen molar-refractivity contribution in [1.82, 2.24) is 9.88 Å². The number of nitrogens with zero attached hydrogens (tertiary/aromatic N) is 2. The number of carbonyl (C=O) groups is 2. The largest absolute Gasteiger partial charge is 0.487 e. The van der Waals surface area contributed by atoms with E-state index >= 15 is 0 Å². The smallest absolute Gasteiger partial charge is 0.261 e. The lowest BCUT2D eigenvalue weighted by Crippen LogP contribution is -2.29. The van der Waals surface area contributed by atoms with Crippen molar-refractivity contribution in [2.75, 3.05) is 6.54 Å². The minimum atomic E-state index is -0.300. The predicted molar refractivity (Wildman–Crippen MR) is 138 cm³/mol. The molecule has 0 fully saturated rings. The van der Waals surface area contributed by atoms with E-state index in [1.807, 2.05) is 37.3 Å². The molecule has 174 valence electrons. The minimum absolute atomic E-state index is 0.137. The highest BCUT2D eigenvalue weighted by atomic mass is 35.5. The fraction of sp³-hybridized carbons (Fsp3) is 0.107. The molecule has 0 atom stereocenters. The number of aryl methyl sites for hydroxylation is 1. The number of carbonyl (C=O) groups excluding carboxylic acids is 2. The van der Waals surface area contributed by atoms with Crippen LogP contribution in [0.5, 0.6) is 5.75 Å². The van der Waals surface area contributed by atoms with Crippen LogP contribution in [0, 0.1) is 6.92 Å². The predicted octanol–water partition coefficient (Wildman–Crippen LogP) is 6.74. The van der Waals surface area contributed by atoms with Gasteiger partial charge in [-0.05, 0) is 42.8 Å². The molecule has 5 nitrogen and oxygen atoms in total. The van der Waals surface area contributed by atoms with Gasteiger partial charge in [0.1, 0.15) is 17.9 Å². The van der Waals surface area contributed by atoms with Crippen LogP contribution in [-0.2, 0) is 6.61 Å². The summed E-state index contributed by atoms with van der Waals surface area (Å²) in [5.74, 6) is 0.0425. The van der Waals surface area contributed by atoms with E-state index in [1.165, 1.54) is 4.90 Å². The SMILES string of the molecule is Cc1ccc2cccc(OCc3c(Cl)ccc(C=CCN4C(=O)c5ccccc5C4=O)c3Cl)c2n1. The molecule has 3 aromatic carbocycles. The zero-order chi connectivity index (χ0) is 24.5. The first kappa shape index (κ1) is 23.1. The third-order valence-corrected chi connectivity index (χ3v) is 6.67. The number of hydrogen-bond acceptors (Lipinski definition) is 4. The van der Waals surface area contributed by atoms with E-state index in [0.29, 0.717) is 38.0 Å². The fourth-order valence-electron chi connectivity index (χ4n) is 4.05. The molecule has 35 heavy (non-hydrogen) atoms. The molecule has 0 saturated heterocycles. The van der Waals surface area contributed by atoms with Crippen molar-refractivity contribution in [3.63, 3.8) is 0 Å². The highest BCUT2D eigenvalue weighted by molar-refractivity contribution is 6.37. The normalized spacial score (nSPS) is 13.2. The van der Waals surface area contributed by atoms with Gasteiger partial charge in [-0.3, -0.25) is 14.5 Å². The van der Waals surface area contributed by atoms with Crippen molar-refractivity contribution in [1.29, 1.82) is 0 Å². The van der Waals surface area contributed by atoms with Gasteiger partial charge in [-0.15, -0.1) is 0 Å². The van der Waals surface area contributed by atoms with Crippen LogP contribution in [0.3, 0.4) is 0 Å². The van der Waals surface area contributed by atoms with E-state index in [1.54, 1.807) is 48.6 Å². The molecular weight excluding hydrogens is 483 g/mol. The lowest BCUT2D eigenvalue weighted by molar-refractivity contribution is 0.0672. The molecular formula is C28H20Cl2N2O3. The second-order valence-corrected chi connectivity index (χ2v) is 8.95. The second kappa shape index (κ2) is 9.53. The highest BCUT2D eigenvalue weighted by Gasteiger charge is 2.34. The van der Waals surface area contributed by atoms with Crippen LogP contribution >= 0.6 is 23.2 Å². The second-order valence-electron chi connectivity index (χ2n) is 8.17. The Balaban J connectivity index is 1.34.